The van der Waals surface area contributed by atoms with Crippen LogP contribution in [0.25, 0.3) is 0 Å². The van der Waals surface area contributed by atoms with E-state index in [9.17, 15) is 4.79 Å². The Morgan fingerprint density at radius 3 is 2.95 bits per heavy atom. The number of carbonyl (C=O) groups excluding carboxylic acids is 1. The van der Waals surface area contributed by atoms with Gasteiger partial charge in [0.25, 0.3) is 5.91 Å². The number of aromatic nitrogens is 1. The first kappa shape index (κ1) is 13.3. The topological polar surface area (TPSA) is 33.2 Å². The van der Waals surface area contributed by atoms with Crippen molar-refractivity contribution in [3.63, 3.8) is 0 Å². The Hall–Kier alpha value is -1.68. The number of fused-ring (bicyclic) bond motifs is 1. The molecule has 102 valence electrons. The van der Waals surface area contributed by atoms with E-state index in [0.29, 0.717) is 10.2 Å². The fraction of sp³-hybridized carbons (Fsp3) is 0.250. The number of amides is 1. The standard InChI is InChI=1S/C16H15BrN2O/c1-11-5-2-6-12-7-4-10-19(14(11)12)16(20)13-8-3-9-18-15(13)17/h2-3,5-6,8-9H,4,7,10H2,1H3. The SMILES string of the molecule is Cc1cccc2c1N(C(=O)c1cccnc1Br)CCC2. The number of aryl methyl sites for hydroxylation is 2. The average molecular weight is 331 g/mol. The van der Waals surface area contributed by atoms with Gasteiger partial charge in [-0.2, -0.15) is 0 Å². The first-order chi connectivity index (χ1) is 9.68. The van der Waals surface area contributed by atoms with E-state index in [4.69, 9.17) is 0 Å². The lowest BCUT2D eigenvalue weighted by Gasteiger charge is -2.31. The number of nitrogens with zero attached hydrogens (tertiary/aromatic N) is 2. The van der Waals surface area contributed by atoms with Gasteiger partial charge in [0.15, 0.2) is 0 Å². The molecule has 0 bridgehead atoms. The van der Waals surface area contributed by atoms with Gasteiger partial charge in [-0.3, -0.25) is 4.79 Å². The maximum atomic E-state index is 12.8. The first-order valence-corrected chi connectivity index (χ1v) is 7.48. The molecule has 0 spiro atoms. The van der Waals surface area contributed by atoms with Gasteiger partial charge < -0.3 is 4.90 Å². The van der Waals surface area contributed by atoms with Gasteiger partial charge in [0.1, 0.15) is 4.60 Å². The van der Waals surface area contributed by atoms with Crippen molar-refractivity contribution >= 4 is 27.5 Å². The maximum absolute atomic E-state index is 12.8. The number of benzene rings is 1. The lowest BCUT2D eigenvalue weighted by molar-refractivity contribution is 0.0984. The summed E-state index contributed by atoms with van der Waals surface area (Å²) in [7, 11) is 0. The summed E-state index contributed by atoms with van der Waals surface area (Å²) in [5.74, 6) is 0.0141. The summed E-state index contributed by atoms with van der Waals surface area (Å²) >= 11 is 3.36. The molecule has 2 heterocycles. The van der Waals surface area contributed by atoms with E-state index in [1.165, 1.54) is 5.56 Å². The molecule has 0 aliphatic carbocycles. The number of para-hydroxylation sites is 1. The van der Waals surface area contributed by atoms with Crippen molar-refractivity contribution in [2.45, 2.75) is 19.8 Å². The highest BCUT2D eigenvalue weighted by Gasteiger charge is 2.26. The number of hydrogen-bond donors (Lipinski definition) is 0. The van der Waals surface area contributed by atoms with Gasteiger partial charge in [0.2, 0.25) is 0 Å². The third kappa shape index (κ3) is 2.24. The molecule has 1 aromatic heterocycles. The van der Waals surface area contributed by atoms with Crippen LogP contribution in [-0.4, -0.2) is 17.4 Å². The molecule has 0 atom stereocenters. The van der Waals surface area contributed by atoms with Crippen molar-refractivity contribution in [2.24, 2.45) is 0 Å². The zero-order chi connectivity index (χ0) is 14.1. The largest absolute Gasteiger partial charge is 0.308 e. The monoisotopic (exact) mass is 330 g/mol. The number of anilines is 1. The quantitative estimate of drug-likeness (QED) is 0.746. The van der Waals surface area contributed by atoms with Crippen LogP contribution in [0.4, 0.5) is 5.69 Å². The lowest BCUT2D eigenvalue weighted by atomic mass is 9.97. The summed E-state index contributed by atoms with van der Waals surface area (Å²) in [5, 5.41) is 0. The fourth-order valence-electron chi connectivity index (χ4n) is 2.74. The van der Waals surface area contributed by atoms with Gasteiger partial charge in [-0.05, 0) is 59.0 Å². The predicted molar refractivity (Wildman–Crippen MR) is 83.1 cm³/mol. The highest BCUT2D eigenvalue weighted by molar-refractivity contribution is 9.10. The summed E-state index contributed by atoms with van der Waals surface area (Å²) < 4.78 is 0.603. The molecule has 4 heteroatoms. The smallest absolute Gasteiger partial charge is 0.261 e. The van der Waals surface area contributed by atoms with Crippen molar-refractivity contribution < 1.29 is 4.79 Å². The fourth-order valence-corrected chi connectivity index (χ4v) is 3.16. The number of halogens is 1. The van der Waals surface area contributed by atoms with Gasteiger partial charge in [0.05, 0.1) is 11.3 Å². The number of pyridine rings is 1. The molecule has 1 aromatic carbocycles. The minimum absolute atomic E-state index is 0.0141. The van der Waals surface area contributed by atoms with Gasteiger partial charge in [-0.25, -0.2) is 4.98 Å². The van der Waals surface area contributed by atoms with Gasteiger partial charge in [-0.15, -0.1) is 0 Å². The Morgan fingerprint density at radius 2 is 2.15 bits per heavy atom. The van der Waals surface area contributed by atoms with E-state index in [1.54, 1.807) is 12.3 Å². The molecule has 0 fully saturated rings. The van der Waals surface area contributed by atoms with Crippen LogP contribution in [0.5, 0.6) is 0 Å². The minimum Gasteiger partial charge on any atom is -0.308 e. The highest BCUT2D eigenvalue weighted by Crippen LogP contribution is 2.32. The molecule has 3 rings (SSSR count). The summed E-state index contributed by atoms with van der Waals surface area (Å²) in [6, 6.07) is 9.83. The molecular formula is C16H15BrN2O. The predicted octanol–water partition coefficient (Wildman–Crippen LogP) is 3.75. The molecule has 20 heavy (non-hydrogen) atoms. The van der Waals surface area contributed by atoms with Gasteiger partial charge >= 0.3 is 0 Å². The number of rotatable bonds is 1. The van der Waals surface area contributed by atoms with Crippen LogP contribution in [0.3, 0.4) is 0 Å². The lowest BCUT2D eigenvalue weighted by Crippen LogP contribution is -2.36. The minimum atomic E-state index is 0.0141. The molecule has 2 aromatic rings. The molecule has 0 saturated heterocycles. The molecule has 0 saturated carbocycles. The number of hydrogen-bond acceptors (Lipinski definition) is 2. The van der Waals surface area contributed by atoms with Crippen molar-refractivity contribution in [3.05, 3.63) is 57.8 Å². The summed E-state index contributed by atoms with van der Waals surface area (Å²) in [4.78, 5) is 18.8. The van der Waals surface area contributed by atoms with E-state index in [2.05, 4.69) is 46.0 Å². The molecule has 0 N–H and O–H groups in total. The Morgan fingerprint density at radius 1 is 1.30 bits per heavy atom. The third-order valence-corrected chi connectivity index (χ3v) is 4.29. The van der Waals surface area contributed by atoms with E-state index in [0.717, 1.165) is 30.6 Å². The second-order valence-electron chi connectivity index (χ2n) is 4.98. The van der Waals surface area contributed by atoms with Crippen LogP contribution >= 0.6 is 15.9 Å². The van der Waals surface area contributed by atoms with E-state index in [1.807, 2.05) is 11.0 Å². The van der Waals surface area contributed by atoms with Gasteiger partial charge in [-0.1, -0.05) is 18.2 Å². The van der Waals surface area contributed by atoms with Crippen molar-refractivity contribution in [1.82, 2.24) is 4.98 Å². The Balaban J connectivity index is 2.05. The number of carbonyl (C=O) groups is 1. The maximum Gasteiger partial charge on any atom is 0.261 e. The van der Waals surface area contributed by atoms with Crippen LogP contribution in [-0.2, 0) is 6.42 Å². The Kier molecular flexibility index (Phi) is 3.57. The molecular weight excluding hydrogens is 316 g/mol. The Labute approximate surface area is 126 Å². The van der Waals surface area contributed by atoms with E-state index >= 15 is 0 Å². The normalized spacial score (nSPS) is 14.0. The van der Waals surface area contributed by atoms with Crippen LogP contribution in [0.2, 0.25) is 0 Å². The molecule has 0 radical (unpaired) electrons. The van der Waals surface area contributed by atoms with E-state index < -0.39 is 0 Å². The van der Waals surface area contributed by atoms with Crippen LogP contribution in [0, 0.1) is 6.92 Å². The summed E-state index contributed by atoms with van der Waals surface area (Å²) in [5.41, 5.74) is 4.09. The van der Waals surface area contributed by atoms with Crippen molar-refractivity contribution in [3.8, 4) is 0 Å². The first-order valence-electron chi connectivity index (χ1n) is 6.69. The van der Waals surface area contributed by atoms with Crippen molar-refractivity contribution in [1.29, 1.82) is 0 Å². The second-order valence-corrected chi connectivity index (χ2v) is 5.74. The molecule has 0 unspecified atom stereocenters. The van der Waals surface area contributed by atoms with Crippen LogP contribution in [0.1, 0.15) is 27.9 Å². The third-order valence-electron chi connectivity index (χ3n) is 3.65. The summed E-state index contributed by atoms with van der Waals surface area (Å²) in [6.45, 7) is 2.82. The molecule has 3 nitrogen and oxygen atoms in total. The Bertz CT molecular complexity index is 669. The zero-order valence-corrected chi connectivity index (χ0v) is 12.9. The second kappa shape index (κ2) is 5.37. The zero-order valence-electron chi connectivity index (χ0n) is 11.3. The van der Waals surface area contributed by atoms with Crippen LogP contribution in [0.15, 0.2) is 41.1 Å². The highest BCUT2D eigenvalue weighted by atomic mass is 79.9. The molecule has 1 aliphatic heterocycles. The average Bonchev–Trinajstić information content (AvgIpc) is 2.47. The van der Waals surface area contributed by atoms with E-state index in [-0.39, 0.29) is 5.91 Å². The van der Waals surface area contributed by atoms with Crippen LogP contribution < -0.4 is 4.90 Å². The summed E-state index contributed by atoms with van der Waals surface area (Å²) in [6.07, 6.45) is 3.71. The van der Waals surface area contributed by atoms with Crippen molar-refractivity contribution in [2.75, 3.05) is 11.4 Å². The van der Waals surface area contributed by atoms with Gasteiger partial charge in [0, 0.05) is 12.7 Å². The molecule has 1 amide bonds. The molecule has 1 aliphatic rings.